The summed E-state index contributed by atoms with van der Waals surface area (Å²) in [7, 11) is 0. The molecule has 0 saturated carbocycles. The van der Waals surface area contributed by atoms with Crippen molar-refractivity contribution in [3.8, 4) is 0 Å². The number of carbonyl (C=O) groups excluding carboxylic acids is 2. The molecule has 0 unspecified atom stereocenters. The molecule has 2 aromatic rings. The van der Waals surface area contributed by atoms with Gasteiger partial charge in [-0.05, 0) is 30.7 Å². The lowest BCUT2D eigenvalue weighted by Gasteiger charge is -2.09. The van der Waals surface area contributed by atoms with Crippen LogP contribution in [0, 0.1) is 6.92 Å². The van der Waals surface area contributed by atoms with Crippen molar-refractivity contribution in [2.24, 2.45) is 5.73 Å². The number of benzene rings is 1. The molecule has 1 heterocycles. The Morgan fingerprint density at radius 3 is 2.67 bits per heavy atom. The summed E-state index contributed by atoms with van der Waals surface area (Å²) in [5.74, 6) is -0.413. The number of hydrogen-bond donors (Lipinski definition) is 3. The zero-order valence-electron chi connectivity index (χ0n) is 11.8. The maximum Gasteiger partial charge on any atom is 0.275 e. The Labute approximate surface area is 126 Å². The van der Waals surface area contributed by atoms with E-state index < -0.39 is 0 Å². The second kappa shape index (κ2) is 6.47. The topological polar surface area (TPSA) is 97.1 Å². The molecule has 1 aromatic carbocycles. The third-order valence-electron chi connectivity index (χ3n) is 2.75. The Bertz CT molecular complexity index is 681. The molecule has 21 heavy (non-hydrogen) atoms. The van der Waals surface area contributed by atoms with Crippen LogP contribution in [0.1, 0.15) is 28.0 Å². The van der Waals surface area contributed by atoms with Gasteiger partial charge in [0.25, 0.3) is 5.91 Å². The predicted octanol–water partition coefficient (Wildman–Crippen LogP) is 2.12. The molecule has 7 heteroatoms. The first kappa shape index (κ1) is 15.1. The maximum atomic E-state index is 12.0. The summed E-state index contributed by atoms with van der Waals surface area (Å²) in [4.78, 5) is 27.2. The highest BCUT2D eigenvalue weighted by Crippen LogP contribution is 2.20. The molecule has 110 valence electrons. The number of rotatable bonds is 4. The largest absolute Gasteiger partial charge is 0.326 e. The Kier molecular flexibility index (Phi) is 4.66. The summed E-state index contributed by atoms with van der Waals surface area (Å²) in [6, 6.07) is 5.27. The summed E-state index contributed by atoms with van der Waals surface area (Å²) in [6.45, 7) is 3.63. The van der Waals surface area contributed by atoms with Gasteiger partial charge in [-0.2, -0.15) is 0 Å². The zero-order valence-corrected chi connectivity index (χ0v) is 12.6. The van der Waals surface area contributed by atoms with Gasteiger partial charge in [-0.25, -0.2) is 4.98 Å². The van der Waals surface area contributed by atoms with Gasteiger partial charge in [0.2, 0.25) is 5.91 Å². The molecule has 6 nitrogen and oxygen atoms in total. The summed E-state index contributed by atoms with van der Waals surface area (Å²) in [5.41, 5.74) is 8.06. The number of anilines is 2. The maximum absolute atomic E-state index is 12.0. The number of hydrogen-bond acceptors (Lipinski definition) is 5. The molecular formula is C14H16N4O2S. The Balaban J connectivity index is 2.10. The third kappa shape index (κ3) is 3.87. The van der Waals surface area contributed by atoms with Gasteiger partial charge in [0, 0.05) is 30.2 Å². The minimum absolute atomic E-state index is 0.133. The molecule has 4 N–H and O–H groups in total. The fraction of sp³-hybridized carbons (Fsp3) is 0.214. The van der Waals surface area contributed by atoms with E-state index in [1.165, 1.54) is 18.3 Å². The third-order valence-corrected chi connectivity index (χ3v) is 3.63. The van der Waals surface area contributed by atoms with Gasteiger partial charge < -0.3 is 16.4 Å². The number of amides is 2. The summed E-state index contributed by atoms with van der Waals surface area (Å²) in [6.07, 6.45) is 0. The van der Waals surface area contributed by atoms with E-state index in [1.807, 2.05) is 6.92 Å². The van der Waals surface area contributed by atoms with Crippen molar-refractivity contribution in [3.63, 3.8) is 0 Å². The van der Waals surface area contributed by atoms with Crippen LogP contribution >= 0.6 is 11.3 Å². The average molecular weight is 304 g/mol. The molecule has 2 amide bonds. The normalized spacial score (nSPS) is 10.2. The standard InChI is InChI=1S/C14H16N4O2S/c1-8-5-10(3-4-11(8)16-9(2)19)17-14(20)12-7-21-13(6-15)18-12/h3-5,7H,6,15H2,1-2H3,(H,16,19)(H,17,20). The van der Waals surface area contributed by atoms with Gasteiger partial charge in [0.1, 0.15) is 10.7 Å². The van der Waals surface area contributed by atoms with E-state index in [1.54, 1.807) is 23.6 Å². The second-order valence-corrected chi connectivity index (χ2v) is 5.44. The van der Waals surface area contributed by atoms with Crippen molar-refractivity contribution in [2.45, 2.75) is 20.4 Å². The van der Waals surface area contributed by atoms with E-state index in [0.717, 1.165) is 16.3 Å². The Morgan fingerprint density at radius 1 is 1.33 bits per heavy atom. The first-order valence-corrected chi connectivity index (χ1v) is 7.21. The summed E-state index contributed by atoms with van der Waals surface area (Å²) < 4.78 is 0. The van der Waals surface area contributed by atoms with Crippen LogP contribution in [0.15, 0.2) is 23.6 Å². The molecule has 0 saturated heterocycles. The molecule has 0 bridgehead atoms. The molecule has 0 aliphatic rings. The number of aromatic nitrogens is 1. The molecule has 0 fully saturated rings. The SMILES string of the molecule is CC(=O)Nc1ccc(NC(=O)c2csc(CN)n2)cc1C. The number of nitrogens with one attached hydrogen (secondary N) is 2. The van der Waals surface area contributed by atoms with Crippen LogP contribution in [0.3, 0.4) is 0 Å². The lowest BCUT2D eigenvalue weighted by molar-refractivity contribution is -0.114. The number of nitrogens with two attached hydrogens (primary N) is 1. The number of aryl methyl sites for hydroxylation is 1. The molecule has 0 atom stereocenters. The van der Waals surface area contributed by atoms with Crippen LogP contribution < -0.4 is 16.4 Å². The second-order valence-electron chi connectivity index (χ2n) is 4.50. The van der Waals surface area contributed by atoms with Crippen molar-refractivity contribution in [3.05, 3.63) is 39.8 Å². The first-order valence-electron chi connectivity index (χ1n) is 6.33. The number of nitrogens with zero attached hydrogens (tertiary/aromatic N) is 1. The van der Waals surface area contributed by atoms with Gasteiger partial charge in [0.15, 0.2) is 0 Å². The fourth-order valence-corrected chi connectivity index (χ4v) is 2.43. The van der Waals surface area contributed by atoms with Crippen molar-refractivity contribution in [1.82, 2.24) is 4.98 Å². The van der Waals surface area contributed by atoms with Gasteiger partial charge in [-0.3, -0.25) is 9.59 Å². The van der Waals surface area contributed by atoms with Crippen molar-refractivity contribution in [2.75, 3.05) is 10.6 Å². The zero-order chi connectivity index (χ0) is 15.4. The monoisotopic (exact) mass is 304 g/mol. The van der Waals surface area contributed by atoms with Gasteiger partial charge >= 0.3 is 0 Å². The fourth-order valence-electron chi connectivity index (χ4n) is 1.78. The minimum Gasteiger partial charge on any atom is -0.326 e. The predicted molar refractivity (Wildman–Crippen MR) is 83.4 cm³/mol. The average Bonchev–Trinajstić information content (AvgIpc) is 2.90. The highest BCUT2D eigenvalue weighted by Gasteiger charge is 2.11. The van der Waals surface area contributed by atoms with E-state index in [2.05, 4.69) is 15.6 Å². The van der Waals surface area contributed by atoms with Crippen LogP contribution in [0.4, 0.5) is 11.4 Å². The van der Waals surface area contributed by atoms with Crippen LogP contribution in [-0.2, 0) is 11.3 Å². The highest BCUT2D eigenvalue weighted by molar-refractivity contribution is 7.09. The van der Waals surface area contributed by atoms with Crippen molar-refractivity contribution >= 4 is 34.5 Å². The molecule has 0 spiro atoms. The van der Waals surface area contributed by atoms with Gasteiger partial charge in [-0.1, -0.05) is 0 Å². The highest BCUT2D eigenvalue weighted by atomic mass is 32.1. The minimum atomic E-state index is -0.280. The van der Waals surface area contributed by atoms with Crippen molar-refractivity contribution in [1.29, 1.82) is 0 Å². The number of thiazole rings is 1. The van der Waals surface area contributed by atoms with Crippen LogP contribution in [0.2, 0.25) is 0 Å². The Hall–Kier alpha value is -2.25. The first-order chi connectivity index (χ1) is 9.99. The molecular weight excluding hydrogens is 288 g/mol. The van der Waals surface area contributed by atoms with Crippen LogP contribution in [0.5, 0.6) is 0 Å². The Morgan fingerprint density at radius 2 is 2.10 bits per heavy atom. The van der Waals surface area contributed by atoms with Crippen molar-refractivity contribution < 1.29 is 9.59 Å². The lowest BCUT2D eigenvalue weighted by Crippen LogP contribution is -2.13. The molecule has 0 aliphatic heterocycles. The molecule has 0 radical (unpaired) electrons. The van der Waals surface area contributed by atoms with Crippen LogP contribution in [0.25, 0.3) is 0 Å². The van der Waals surface area contributed by atoms with E-state index in [0.29, 0.717) is 17.9 Å². The number of carbonyl (C=O) groups is 2. The molecule has 0 aliphatic carbocycles. The van der Waals surface area contributed by atoms with Gasteiger partial charge in [0.05, 0.1) is 0 Å². The lowest BCUT2D eigenvalue weighted by atomic mass is 10.1. The van der Waals surface area contributed by atoms with E-state index >= 15 is 0 Å². The summed E-state index contributed by atoms with van der Waals surface area (Å²) >= 11 is 1.36. The van der Waals surface area contributed by atoms with E-state index in [-0.39, 0.29) is 11.8 Å². The quantitative estimate of drug-likeness (QED) is 0.806. The molecule has 1 aromatic heterocycles. The smallest absolute Gasteiger partial charge is 0.275 e. The van der Waals surface area contributed by atoms with E-state index in [9.17, 15) is 9.59 Å². The van der Waals surface area contributed by atoms with Gasteiger partial charge in [-0.15, -0.1) is 11.3 Å². The summed E-state index contributed by atoms with van der Waals surface area (Å²) in [5, 5.41) is 7.89. The van der Waals surface area contributed by atoms with E-state index in [4.69, 9.17) is 5.73 Å². The van der Waals surface area contributed by atoms with Crippen LogP contribution in [-0.4, -0.2) is 16.8 Å². The molecule has 2 rings (SSSR count).